The van der Waals surface area contributed by atoms with Crippen molar-refractivity contribution < 1.29 is 13.2 Å². The van der Waals surface area contributed by atoms with Crippen molar-refractivity contribution >= 4 is 22.8 Å². The number of H-pyrrole nitrogens is 1. The third-order valence-corrected chi connectivity index (χ3v) is 3.55. The van der Waals surface area contributed by atoms with Crippen LogP contribution in [-0.2, 0) is 6.18 Å². The van der Waals surface area contributed by atoms with Crippen LogP contribution < -0.4 is 5.32 Å². The maximum Gasteiger partial charge on any atom is 0.417 e. The Morgan fingerprint density at radius 3 is 2.73 bits per heavy atom. The number of nitrogens with one attached hydrogen (secondary N) is 2. The summed E-state index contributed by atoms with van der Waals surface area (Å²) < 4.78 is 38.3. The molecule has 0 aliphatic carbocycles. The monoisotopic (exact) mass is 357 g/mol. The van der Waals surface area contributed by atoms with Gasteiger partial charge in [-0.3, -0.25) is 4.98 Å². The molecule has 0 fully saturated rings. The second kappa shape index (κ2) is 6.06. The normalized spacial score (nSPS) is 11.7. The van der Waals surface area contributed by atoms with Gasteiger partial charge in [-0.05, 0) is 18.2 Å². The maximum atomic E-state index is 12.8. The Labute approximate surface area is 144 Å². The Bertz CT molecular complexity index is 1070. The van der Waals surface area contributed by atoms with Crippen LogP contribution in [0.25, 0.3) is 22.4 Å². The van der Waals surface area contributed by atoms with Crippen molar-refractivity contribution in [1.29, 1.82) is 0 Å². The molecule has 4 rings (SSSR count). The third-order valence-electron chi connectivity index (χ3n) is 3.55. The molecular weight excluding hydrogens is 347 g/mol. The third kappa shape index (κ3) is 3.16. The lowest BCUT2D eigenvalue weighted by atomic mass is 10.2. The van der Waals surface area contributed by atoms with E-state index in [-0.39, 0.29) is 11.6 Å². The number of aromatic amines is 1. The van der Waals surface area contributed by atoms with Crippen molar-refractivity contribution in [3.63, 3.8) is 0 Å². The molecule has 10 heteroatoms. The van der Waals surface area contributed by atoms with E-state index in [0.717, 1.165) is 23.3 Å². The van der Waals surface area contributed by atoms with E-state index in [0.29, 0.717) is 11.3 Å². The Balaban J connectivity index is 1.64. The Morgan fingerprint density at radius 2 is 1.88 bits per heavy atom. The number of nitrogens with zero attached hydrogens (tertiary/aromatic N) is 5. The summed E-state index contributed by atoms with van der Waals surface area (Å²) in [4.78, 5) is 23.2. The number of hydrogen-bond donors (Lipinski definition) is 2. The fourth-order valence-electron chi connectivity index (χ4n) is 2.34. The predicted molar refractivity (Wildman–Crippen MR) is 87.4 cm³/mol. The fourth-order valence-corrected chi connectivity index (χ4v) is 2.34. The molecule has 0 aliphatic rings. The standard InChI is InChI=1S/C16H10F3N7/c17-16(18,19)10-4-11(7-20-6-10)25-15-21-2-1-12(26-15)9-3-13-14(22-5-9)24-8-23-13/h1-8H,(H,21,25,26)(H,22,23,24). The van der Waals surface area contributed by atoms with Crippen molar-refractivity contribution in [2.75, 3.05) is 5.32 Å². The van der Waals surface area contributed by atoms with Gasteiger partial charge in [-0.2, -0.15) is 13.2 Å². The molecule has 4 aromatic rings. The molecule has 0 bridgehead atoms. The van der Waals surface area contributed by atoms with Crippen molar-refractivity contribution in [1.82, 2.24) is 29.9 Å². The topological polar surface area (TPSA) is 92.3 Å². The van der Waals surface area contributed by atoms with Crippen molar-refractivity contribution in [2.45, 2.75) is 6.18 Å². The van der Waals surface area contributed by atoms with Crippen LogP contribution in [0.1, 0.15) is 5.56 Å². The zero-order chi connectivity index (χ0) is 18.1. The summed E-state index contributed by atoms with van der Waals surface area (Å²) in [7, 11) is 0. The number of fused-ring (bicyclic) bond motifs is 1. The Hall–Kier alpha value is -3.56. The van der Waals surface area contributed by atoms with Gasteiger partial charge in [0.25, 0.3) is 0 Å². The van der Waals surface area contributed by atoms with Gasteiger partial charge in [-0.15, -0.1) is 0 Å². The lowest BCUT2D eigenvalue weighted by Gasteiger charge is -2.09. The first-order valence-corrected chi connectivity index (χ1v) is 7.41. The van der Waals surface area contributed by atoms with E-state index >= 15 is 0 Å². The van der Waals surface area contributed by atoms with Gasteiger partial charge in [-0.25, -0.2) is 19.9 Å². The van der Waals surface area contributed by atoms with Gasteiger partial charge in [0.15, 0.2) is 5.65 Å². The van der Waals surface area contributed by atoms with Gasteiger partial charge in [0.2, 0.25) is 5.95 Å². The highest BCUT2D eigenvalue weighted by atomic mass is 19.4. The van der Waals surface area contributed by atoms with Crippen molar-refractivity contribution in [3.05, 3.63) is 54.9 Å². The molecule has 4 heterocycles. The van der Waals surface area contributed by atoms with Crippen LogP contribution >= 0.6 is 0 Å². The summed E-state index contributed by atoms with van der Waals surface area (Å²) in [5, 5.41) is 2.73. The molecule has 0 saturated carbocycles. The lowest BCUT2D eigenvalue weighted by Crippen LogP contribution is -2.06. The summed E-state index contributed by atoms with van der Waals surface area (Å²) in [6.07, 6.45) is 2.20. The minimum atomic E-state index is -4.47. The van der Waals surface area contributed by atoms with Gasteiger partial charge in [0, 0.05) is 24.2 Å². The van der Waals surface area contributed by atoms with E-state index in [1.807, 2.05) is 6.07 Å². The van der Waals surface area contributed by atoms with Crippen LogP contribution in [0.3, 0.4) is 0 Å². The summed E-state index contributed by atoms with van der Waals surface area (Å²) in [6, 6.07) is 4.45. The molecule has 26 heavy (non-hydrogen) atoms. The zero-order valence-electron chi connectivity index (χ0n) is 13.0. The molecule has 130 valence electrons. The summed E-state index contributed by atoms with van der Waals surface area (Å²) in [5.74, 6) is 0.147. The van der Waals surface area contributed by atoms with E-state index in [9.17, 15) is 13.2 Å². The lowest BCUT2D eigenvalue weighted by molar-refractivity contribution is -0.137. The molecule has 4 aromatic heterocycles. The number of rotatable bonds is 3. The van der Waals surface area contributed by atoms with E-state index in [1.165, 1.54) is 18.7 Å². The molecule has 0 atom stereocenters. The van der Waals surface area contributed by atoms with Gasteiger partial charge in [0.05, 0.1) is 35.0 Å². The van der Waals surface area contributed by atoms with Crippen LogP contribution in [0.5, 0.6) is 0 Å². The van der Waals surface area contributed by atoms with Gasteiger partial charge >= 0.3 is 6.18 Å². The molecule has 0 radical (unpaired) electrons. The van der Waals surface area contributed by atoms with Gasteiger partial charge in [0.1, 0.15) is 0 Å². The first-order valence-electron chi connectivity index (χ1n) is 7.41. The first-order chi connectivity index (χ1) is 12.5. The summed E-state index contributed by atoms with van der Waals surface area (Å²) >= 11 is 0. The average Bonchev–Trinajstić information content (AvgIpc) is 3.09. The molecule has 0 aliphatic heterocycles. The zero-order valence-corrected chi connectivity index (χ0v) is 13.0. The van der Waals surface area contributed by atoms with Crippen LogP contribution in [0.15, 0.2) is 49.3 Å². The number of pyridine rings is 2. The van der Waals surface area contributed by atoms with E-state index < -0.39 is 11.7 Å². The molecule has 2 N–H and O–H groups in total. The number of aromatic nitrogens is 6. The van der Waals surface area contributed by atoms with Crippen LogP contribution in [0.2, 0.25) is 0 Å². The molecule has 0 unspecified atom stereocenters. The van der Waals surface area contributed by atoms with Crippen LogP contribution in [-0.4, -0.2) is 29.9 Å². The second-order valence-corrected chi connectivity index (χ2v) is 5.35. The number of halogens is 3. The molecular formula is C16H10F3N7. The minimum Gasteiger partial charge on any atom is -0.343 e. The number of imidazole rings is 1. The molecule has 0 amide bonds. The van der Waals surface area contributed by atoms with Crippen molar-refractivity contribution in [2.24, 2.45) is 0 Å². The van der Waals surface area contributed by atoms with E-state index in [4.69, 9.17) is 0 Å². The highest BCUT2D eigenvalue weighted by Gasteiger charge is 2.31. The van der Waals surface area contributed by atoms with E-state index in [2.05, 4.69) is 35.2 Å². The number of anilines is 2. The Morgan fingerprint density at radius 1 is 1.00 bits per heavy atom. The van der Waals surface area contributed by atoms with Crippen LogP contribution in [0.4, 0.5) is 24.8 Å². The summed E-state index contributed by atoms with van der Waals surface area (Å²) in [5.41, 5.74) is 1.89. The molecule has 0 spiro atoms. The first kappa shape index (κ1) is 15.9. The smallest absolute Gasteiger partial charge is 0.343 e. The van der Waals surface area contributed by atoms with Gasteiger partial charge in [-0.1, -0.05) is 0 Å². The predicted octanol–water partition coefficient (Wildman–Crippen LogP) is 3.57. The molecule has 7 nitrogen and oxygen atoms in total. The highest BCUT2D eigenvalue weighted by Crippen LogP contribution is 2.30. The highest BCUT2D eigenvalue weighted by molar-refractivity contribution is 5.76. The Kier molecular flexibility index (Phi) is 3.72. The molecule has 0 saturated heterocycles. The largest absolute Gasteiger partial charge is 0.417 e. The van der Waals surface area contributed by atoms with Crippen LogP contribution in [0, 0.1) is 0 Å². The van der Waals surface area contributed by atoms with E-state index in [1.54, 1.807) is 12.3 Å². The summed E-state index contributed by atoms with van der Waals surface area (Å²) in [6.45, 7) is 0. The second-order valence-electron chi connectivity index (χ2n) is 5.35. The van der Waals surface area contributed by atoms with Gasteiger partial charge < -0.3 is 10.3 Å². The minimum absolute atomic E-state index is 0.138. The number of alkyl halides is 3. The van der Waals surface area contributed by atoms with Crippen molar-refractivity contribution in [3.8, 4) is 11.3 Å². The molecule has 0 aromatic carbocycles. The number of hydrogen-bond acceptors (Lipinski definition) is 6. The maximum absolute atomic E-state index is 12.8. The SMILES string of the molecule is FC(F)(F)c1cncc(Nc2nccc(-c3cnc4nc[nH]c4c3)n2)c1. The average molecular weight is 357 g/mol. The fraction of sp³-hybridized carbons (Fsp3) is 0.0625. The quantitative estimate of drug-likeness (QED) is 0.582.